The molecule has 0 aromatic carbocycles. The van der Waals surface area contributed by atoms with Crippen LogP contribution in [0.2, 0.25) is 0 Å². The monoisotopic (exact) mass is 256 g/mol. The first-order valence-corrected chi connectivity index (χ1v) is 5.66. The molecular weight excluding hydrogens is 244 g/mol. The van der Waals surface area contributed by atoms with Crippen LogP contribution in [-0.2, 0) is 0 Å². The molecule has 1 amide bonds. The van der Waals surface area contributed by atoms with Crippen molar-refractivity contribution in [3.8, 4) is 11.8 Å². The summed E-state index contributed by atoms with van der Waals surface area (Å²) in [6.45, 7) is -0.0101. The van der Waals surface area contributed by atoms with Gasteiger partial charge in [0, 0.05) is 18.8 Å². The van der Waals surface area contributed by atoms with E-state index in [1.807, 2.05) is 0 Å². The number of nitrogens with zero attached hydrogens (tertiary/aromatic N) is 2. The summed E-state index contributed by atoms with van der Waals surface area (Å²) in [4.78, 5) is 16.1. The zero-order valence-electron chi connectivity index (χ0n) is 10.1. The Labute approximate surface area is 109 Å². The summed E-state index contributed by atoms with van der Waals surface area (Å²) in [5.74, 6) is 5.23. The van der Waals surface area contributed by atoms with Crippen LogP contribution in [0.25, 0.3) is 0 Å². The van der Waals surface area contributed by atoms with Crippen LogP contribution < -0.4 is 5.32 Å². The summed E-state index contributed by atoms with van der Waals surface area (Å²) < 4.78 is 0. The van der Waals surface area contributed by atoms with Crippen LogP contribution in [0.3, 0.4) is 0 Å². The predicted molar refractivity (Wildman–Crippen MR) is 69.4 cm³/mol. The third-order valence-corrected chi connectivity index (χ3v) is 2.24. The molecule has 2 heterocycles. The lowest BCUT2D eigenvalue weighted by atomic mass is 10.2. The van der Waals surface area contributed by atoms with E-state index in [2.05, 4.69) is 32.3 Å². The summed E-state index contributed by atoms with van der Waals surface area (Å²) in [6, 6.07) is 3.42. The third-order valence-electron chi connectivity index (χ3n) is 2.24. The predicted octanol–water partition coefficient (Wildman–Crippen LogP) is 0.791. The van der Waals surface area contributed by atoms with E-state index in [1.54, 1.807) is 18.3 Å². The van der Waals surface area contributed by atoms with Gasteiger partial charge in [0.05, 0.1) is 24.1 Å². The maximum absolute atomic E-state index is 12.0. The minimum absolute atomic E-state index is 0.0101. The van der Waals surface area contributed by atoms with E-state index in [1.165, 1.54) is 12.4 Å². The number of aromatic nitrogens is 3. The van der Waals surface area contributed by atoms with E-state index in [9.17, 15) is 4.79 Å². The van der Waals surface area contributed by atoms with Crippen LogP contribution in [0.5, 0.6) is 0 Å². The molecule has 2 aromatic rings. The molecule has 0 spiro atoms. The van der Waals surface area contributed by atoms with E-state index < -0.39 is 0 Å². The Kier molecular flexibility index (Phi) is 4.26. The maximum Gasteiger partial charge on any atom is 0.275 e. The smallest absolute Gasteiger partial charge is 0.275 e. The molecule has 0 aliphatic carbocycles. The van der Waals surface area contributed by atoms with Gasteiger partial charge in [0.15, 0.2) is 0 Å². The molecule has 96 valence electrons. The van der Waals surface area contributed by atoms with E-state index in [0.717, 1.165) is 0 Å². The fourth-order valence-electron chi connectivity index (χ4n) is 1.41. The van der Waals surface area contributed by atoms with Crippen molar-refractivity contribution in [1.29, 1.82) is 0 Å². The number of aliphatic hydroxyl groups is 1. The minimum Gasteiger partial charge on any atom is -0.395 e. The van der Waals surface area contributed by atoms with Crippen molar-refractivity contribution in [3.63, 3.8) is 0 Å². The summed E-state index contributed by atoms with van der Waals surface area (Å²) in [5.41, 5.74) is 1.33. The Morgan fingerprint density at radius 1 is 1.53 bits per heavy atom. The number of aromatic amines is 1. The number of amides is 1. The Bertz CT molecular complexity index is 611. The number of carbonyl (C=O) groups excluding carboxylic acids is 1. The number of carbonyl (C=O) groups is 1. The van der Waals surface area contributed by atoms with Gasteiger partial charge in [-0.1, -0.05) is 11.8 Å². The molecule has 0 aliphatic heterocycles. The Morgan fingerprint density at radius 3 is 3.16 bits per heavy atom. The first-order valence-electron chi connectivity index (χ1n) is 5.66. The lowest BCUT2D eigenvalue weighted by Crippen LogP contribution is -2.14. The molecular formula is C13H12N4O2. The molecule has 0 unspecified atom stereocenters. The molecule has 0 aliphatic rings. The summed E-state index contributed by atoms with van der Waals surface area (Å²) in [7, 11) is 0. The van der Waals surface area contributed by atoms with Gasteiger partial charge in [-0.15, -0.1) is 0 Å². The number of aliphatic hydroxyl groups excluding tert-OH is 1. The summed E-state index contributed by atoms with van der Waals surface area (Å²) in [6.07, 6.45) is 4.95. The summed E-state index contributed by atoms with van der Waals surface area (Å²) >= 11 is 0. The second-order valence-electron chi connectivity index (χ2n) is 3.62. The van der Waals surface area contributed by atoms with Crippen LogP contribution in [0, 0.1) is 11.8 Å². The largest absolute Gasteiger partial charge is 0.395 e. The lowest BCUT2D eigenvalue weighted by molar-refractivity contribution is 0.102. The van der Waals surface area contributed by atoms with Crippen molar-refractivity contribution < 1.29 is 9.90 Å². The zero-order chi connectivity index (χ0) is 13.5. The van der Waals surface area contributed by atoms with Crippen molar-refractivity contribution >= 4 is 11.6 Å². The number of H-pyrrole nitrogens is 1. The molecule has 0 saturated heterocycles. The first kappa shape index (κ1) is 12.8. The van der Waals surface area contributed by atoms with Crippen LogP contribution >= 0.6 is 0 Å². The van der Waals surface area contributed by atoms with Crippen molar-refractivity contribution in [3.05, 3.63) is 42.0 Å². The van der Waals surface area contributed by atoms with Crippen molar-refractivity contribution in [2.24, 2.45) is 0 Å². The van der Waals surface area contributed by atoms with Gasteiger partial charge < -0.3 is 10.4 Å². The zero-order valence-corrected chi connectivity index (χ0v) is 10.1. The molecule has 0 atom stereocenters. The number of anilines is 1. The molecule has 0 radical (unpaired) electrons. The van der Waals surface area contributed by atoms with Gasteiger partial charge >= 0.3 is 0 Å². The third kappa shape index (κ3) is 3.40. The van der Waals surface area contributed by atoms with Crippen molar-refractivity contribution in [1.82, 2.24) is 15.2 Å². The van der Waals surface area contributed by atoms with Gasteiger partial charge in [0.25, 0.3) is 5.91 Å². The van der Waals surface area contributed by atoms with E-state index in [-0.39, 0.29) is 18.2 Å². The number of rotatable bonds is 3. The second kappa shape index (κ2) is 6.33. The average molecular weight is 256 g/mol. The fraction of sp³-hybridized carbons (Fsp3) is 0.154. The topological polar surface area (TPSA) is 90.9 Å². The molecule has 0 fully saturated rings. The van der Waals surface area contributed by atoms with Gasteiger partial charge in [0.2, 0.25) is 0 Å². The van der Waals surface area contributed by atoms with Gasteiger partial charge in [-0.05, 0) is 12.1 Å². The molecule has 2 aromatic heterocycles. The maximum atomic E-state index is 12.0. The molecule has 3 N–H and O–H groups in total. The number of pyridine rings is 1. The average Bonchev–Trinajstić information content (AvgIpc) is 2.92. The molecule has 2 rings (SSSR count). The SMILES string of the molecule is O=C(Nc1cn[nH]c1)c1ncccc1C#CCCO. The van der Waals surface area contributed by atoms with Crippen molar-refractivity contribution in [2.45, 2.75) is 6.42 Å². The van der Waals surface area contributed by atoms with Gasteiger partial charge in [-0.3, -0.25) is 9.89 Å². The van der Waals surface area contributed by atoms with E-state index >= 15 is 0 Å². The highest BCUT2D eigenvalue weighted by molar-refractivity contribution is 6.04. The lowest BCUT2D eigenvalue weighted by Gasteiger charge is -2.03. The fourth-order valence-corrected chi connectivity index (χ4v) is 1.41. The summed E-state index contributed by atoms with van der Waals surface area (Å²) in [5, 5.41) is 17.7. The molecule has 0 bridgehead atoms. The molecule has 6 heteroatoms. The highest BCUT2D eigenvalue weighted by atomic mass is 16.2. The molecule has 19 heavy (non-hydrogen) atoms. The minimum atomic E-state index is -0.352. The van der Waals surface area contributed by atoms with Crippen LogP contribution in [0.4, 0.5) is 5.69 Å². The molecule has 0 saturated carbocycles. The molecule has 6 nitrogen and oxygen atoms in total. The highest BCUT2D eigenvalue weighted by Crippen LogP contribution is 2.08. The quantitative estimate of drug-likeness (QED) is 0.708. The highest BCUT2D eigenvalue weighted by Gasteiger charge is 2.11. The van der Waals surface area contributed by atoms with Crippen LogP contribution in [0.15, 0.2) is 30.7 Å². The first-order chi connectivity index (χ1) is 9.31. The van der Waals surface area contributed by atoms with Gasteiger partial charge in [0.1, 0.15) is 5.69 Å². The van der Waals surface area contributed by atoms with E-state index in [0.29, 0.717) is 17.7 Å². The number of hydrogen-bond acceptors (Lipinski definition) is 4. The normalized spacial score (nSPS) is 9.53. The van der Waals surface area contributed by atoms with Crippen molar-refractivity contribution in [2.75, 3.05) is 11.9 Å². The number of hydrogen-bond donors (Lipinski definition) is 3. The van der Waals surface area contributed by atoms with Crippen LogP contribution in [0.1, 0.15) is 22.5 Å². The second-order valence-corrected chi connectivity index (χ2v) is 3.62. The van der Waals surface area contributed by atoms with E-state index in [4.69, 9.17) is 5.11 Å². The van der Waals surface area contributed by atoms with Gasteiger partial charge in [-0.25, -0.2) is 4.98 Å². The standard InChI is InChI=1S/C13H12N4O2/c18-7-2-1-4-10-5-3-6-14-12(10)13(19)17-11-8-15-16-9-11/h3,5-6,8-9,18H,2,7H2,(H,15,16)(H,17,19). The van der Waals surface area contributed by atoms with Crippen LogP contribution in [-0.4, -0.2) is 32.8 Å². The number of nitrogens with one attached hydrogen (secondary N) is 2. The van der Waals surface area contributed by atoms with Gasteiger partial charge in [-0.2, -0.15) is 5.10 Å². The Balaban J connectivity index is 2.20. The Morgan fingerprint density at radius 2 is 2.42 bits per heavy atom. The Hall–Kier alpha value is -2.65.